The van der Waals surface area contributed by atoms with E-state index in [9.17, 15) is 18.7 Å². The molecule has 0 aromatic carbocycles. The lowest BCUT2D eigenvalue weighted by Crippen LogP contribution is -2.43. The van der Waals surface area contributed by atoms with Crippen LogP contribution in [0.15, 0.2) is 11.0 Å². The highest BCUT2D eigenvalue weighted by Gasteiger charge is 2.55. The summed E-state index contributed by atoms with van der Waals surface area (Å²) in [6, 6.07) is 0. The van der Waals surface area contributed by atoms with Crippen molar-refractivity contribution in [2.45, 2.75) is 31.0 Å². The Morgan fingerprint density at radius 2 is 2.32 bits per heavy atom. The van der Waals surface area contributed by atoms with E-state index in [-0.39, 0.29) is 0 Å². The second-order valence-electron chi connectivity index (χ2n) is 4.47. The van der Waals surface area contributed by atoms with E-state index in [0.29, 0.717) is 10.8 Å². The van der Waals surface area contributed by atoms with Crippen molar-refractivity contribution in [3.63, 3.8) is 0 Å². The van der Waals surface area contributed by atoms with Crippen LogP contribution >= 0.6 is 0 Å². The monoisotopic (exact) mass is 277 g/mol. The van der Waals surface area contributed by atoms with Gasteiger partial charge in [0.1, 0.15) is 12.2 Å². The highest BCUT2D eigenvalue weighted by molar-refractivity contribution is 5.26. The van der Waals surface area contributed by atoms with Crippen LogP contribution < -0.4 is 11.4 Å². The molecule has 106 valence electrons. The van der Waals surface area contributed by atoms with Crippen LogP contribution in [0.3, 0.4) is 0 Å². The van der Waals surface area contributed by atoms with Crippen LogP contribution in [0.1, 0.15) is 13.2 Å². The molecule has 2 rings (SSSR count). The average Bonchev–Trinajstić information content (AvgIpc) is 2.56. The summed E-state index contributed by atoms with van der Waals surface area (Å²) in [7, 11) is 0. The van der Waals surface area contributed by atoms with Gasteiger partial charge in [0.05, 0.1) is 12.8 Å². The Labute approximate surface area is 106 Å². The smallest absolute Gasteiger partial charge is 0.351 e. The van der Waals surface area contributed by atoms with E-state index >= 15 is 0 Å². The van der Waals surface area contributed by atoms with Crippen molar-refractivity contribution in [1.82, 2.24) is 9.55 Å². The van der Waals surface area contributed by atoms with Gasteiger partial charge in [0, 0.05) is 0 Å². The number of halogens is 2. The SMILES string of the molecule is CC1(F)[C@@H](O)[C@@H](CO)O[C@H]1n1cc(F)c(N)nc1=O. The third kappa shape index (κ3) is 2.09. The van der Waals surface area contributed by atoms with Gasteiger partial charge in [0.25, 0.3) is 0 Å². The van der Waals surface area contributed by atoms with Crippen molar-refractivity contribution in [2.75, 3.05) is 12.3 Å². The van der Waals surface area contributed by atoms with E-state index < -0.39 is 48.0 Å². The van der Waals surface area contributed by atoms with Gasteiger partial charge in [-0.25, -0.2) is 13.6 Å². The molecule has 2 heterocycles. The van der Waals surface area contributed by atoms with E-state index in [2.05, 4.69) is 4.98 Å². The molecule has 1 aromatic heterocycles. The molecule has 1 saturated heterocycles. The second kappa shape index (κ2) is 4.51. The first-order valence-corrected chi connectivity index (χ1v) is 5.46. The standard InChI is InChI=1S/C10H13F2N3O4/c1-10(12)6(17)5(3-16)19-8(10)15-2-4(11)7(13)14-9(15)18/h2,5-6,8,16-17H,3H2,1H3,(H2,13,14,18)/t5-,6+,8-,10?/m1/s1. The summed E-state index contributed by atoms with van der Waals surface area (Å²) in [5.74, 6) is -1.62. The lowest BCUT2D eigenvalue weighted by atomic mass is 9.98. The van der Waals surface area contributed by atoms with Crippen molar-refractivity contribution in [3.8, 4) is 0 Å². The third-order valence-electron chi connectivity index (χ3n) is 3.08. The summed E-state index contributed by atoms with van der Waals surface area (Å²) < 4.78 is 33.3. The molecule has 1 unspecified atom stereocenters. The van der Waals surface area contributed by atoms with Crippen LogP contribution in [0.2, 0.25) is 0 Å². The first kappa shape index (κ1) is 13.8. The van der Waals surface area contributed by atoms with Gasteiger partial charge >= 0.3 is 5.69 Å². The van der Waals surface area contributed by atoms with Crippen LogP contribution in [-0.2, 0) is 4.74 Å². The summed E-state index contributed by atoms with van der Waals surface area (Å²) in [6.45, 7) is 0.343. The number of hydrogen-bond acceptors (Lipinski definition) is 6. The molecule has 1 aliphatic heterocycles. The minimum Gasteiger partial charge on any atom is -0.394 e. The Bertz CT molecular complexity index is 548. The number of anilines is 1. The van der Waals surface area contributed by atoms with Crippen molar-refractivity contribution >= 4 is 5.82 Å². The summed E-state index contributed by atoms with van der Waals surface area (Å²) in [5, 5.41) is 18.6. The third-order valence-corrected chi connectivity index (χ3v) is 3.08. The van der Waals surface area contributed by atoms with Crippen LogP contribution in [0.5, 0.6) is 0 Å². The van der Waals surface area contributed by atoms with E-state index in [1.807, 2.05) is 0 Å². The highest BCUT2D eigenvalue weighted by atomic mass is 19.1. The molecule has 0 aliphatic carbocycles. The zero-order chi connectivity index (χ0) is 14.4. The number of ether oxygens (including phenoxy) is 1. The van der Waals surface area contributed by atoms with E-state index in [1.54, 1.807) is 0 Å². The normalized spacial score (nSPS) is 34.7. The zero-order valence-corrected chi connectivity index (χ0v) is 9.96. The van der Waals surface area contributed by atoms with E-state index in [0.717, 1.165) is 6.92 Å². The van der Waals surface area contributed by atoms with Gasteiger partial charge in [0.15, 0.2) is 23.5 Å². The molecule has 0 amide bonds. The van der Waals surface area contributed by atoms with Crippen molar-refractivity contribution in [2.24, 2.45) is 0 Å². The Morgan fingerprint density at radius 3 is 2.84 bits per heavy atom. The first-order chi connectivity index (χ1) is 8.78. The predicted molar refractivity (Wildman–Crippen MR) is 59.4 cm³/mol. The lowest BCUT2D eigenvalue weighted by molar-refractivity contribution is -0.0614. The van der Waals surface area contributed by atoms with Gasteiger partial charge in [-0.2, -0.15) is 4.98 Å². The molecule has 0 saturated carbocycles. The van der Waals surface area contributed by atoms with E-state index in [1.165, 1.54) is 0 Å². The molecule has 0 radical (unpaired) electrons. The number of aliphatic hydroxyl groups is 2. The Balaban J connectivity index is 2.48. The molecular formula is C10H13F2N3O4. The number of alkyl halides is 1. The van der Waals surface area contributed by atoms with Gasteiger partial charge in [0.2, 0.25) is 0 Å². The quantitative estimate of drug-likeness (QED) is 0.635. The fourth-order valence-corrected chi connectivity index (χ4v) is 1.99. The molecular weight excluding hydrogens is 264 g/mol. The minimum absolute atomic E-state index is 0.560. The molecule has 1 aromatic rings. The van der Waals surface area contributed by atoms with Crippen LogP contribution in [0, 0.1) is 5.82 Å². The van der Waals surface area contributed by atoms with Crippen LogP contribution in [-0.4, -0.2) is 44.2 Å². The van der Waals surface area contributed by atoms with Gasteiger partial charge in [-0.1, -0.05) is 0 Å². The second-order valence-corrected chi connectivity index (χ2v) is 4.47. The summed E-state index contributed by atoms with van der Waals surface area (Å²) >= 11 is 0. The predicted octanol–water partition coefficient (Wildman–Crippen LogP) is -1.06. The fraction of sp³-hybridized carbons (Fsp3) is 0.600. The molecule has 7 nitrogen and oxygen atoms in total. The topological polar surface area (TPSA) is 111 Å². The molecule has 0 spiro atoms. The summed E-state index contributed by atoms with van der Waals surface area (Å²) in [4.78, 5) is 14.8. The number of hydrogen-bond donors (Lipinski definition) is 3. The van der Waals surface area contributed by atoms with E-state index in [4.69, 9.17) is 15.6 Å². The number of nitrogens with two attached hydrogens (primary N) is 1. The van der Waals surface area contributed by atoms with Gasteiger partial charge in [-0.15, -0.1) is 0 Å². The number of aromatic nitrogens is 2. The first-order valence-electron chi connectivity index (χ1n) is 5.46. The van der Waals surface area contributed by atoms with Crippen molar-refractivity contribution in [1.29, 1.82) is 0 Å². The maximum absolute atomic E-state index is 14.4. The zero-order valence-electron chi connectivity index (χ0n) is 9.96. The van der Waals surface area contributed by atoms with Gasteiger partial charge < -0.3 is 20.7 Å². The van der Waals surface area contributed by atoms with Gasteiger partial charge in [-0.3, -0.25) is 4.57 Å². The number of rotatable bonds is 2. The van der Waals surface area contributed by atoms with Crippen molar-refractivity contribution in [3.05, 3.63) is 22.5 Å². The molecule has 19 heavy (non-hydrogen) atoms. The minimum atomic E-state index is -2.39. The maximum Gasteiger partial charge on any atom is 0.351 e. The highest BCUT2D eigenvalue weighted by Crippen LogP contribution is 2.40. The Morgan fingerprint density at radius 1 is 1.68 bits per heavy atom. The largest absolute Gasteiger partial charge is 0.394 e. The molecule has 9 heteroatoms. The fourth-order valence-electron chi connectivity index (χ4n) is 1.99. The molecule has 0 bridgehead atoms. The van der Waals surface area contributed by atoms with Crippen LogP contribution in [0.4, 0.5) is 14.6 Å². The average molecular weight is 277 g/mol. The molecule has 4 N–H and O–H groups in total. The summed E-state index contributed by atoms with van der Waals surface area (Å²) in [5.41, 5.74) is 1.71. The van der Waals surface area contributed by atoms with Gasteiger partial charge in [-0.05, 0) is 6.92 Å². The lowest BCUT2D eigenvalue weighted by Gasteiger charge is -2.24. The number of nitrogens with zero attached hydrogens (tertiary/aromatic N) is 2. The number of aliphatic hydroxyl groups excluding tert-OH is 2. The molecule has 4 atom stereocenters. The Hall–Kier alpha value is -1.58. The summed E-state index contributed by atoms with van der Waals surface area (Å²) in [6.07, 6.45) is -3.82. The Kier molecular flexibility index (Phi) is 3.29. The molecule has 1 aliphatic rings. The number of nitrogen functional groups attached to an aromatic ring is 1. The van der Waals surface area contributed by atoms with Crippen LogP contribution in [0.25, 0.3) is 0 Å². The van der Waals surface area contributed by atoms with Crippen molar-refractivity contribution < 1.29 is 23.7 Å². The maximum atomic E-state index is 14.4. The molecule has 1 fully saturated rings.